The summed E-state index contributed by atoms with van der Waals surface area (Å²) < 4.78 is 37.2. The Hall–Kier alpha value is -3.98. The number of ether oxygens (including phenoxy) is 1. The minimum atomic E-state index is -0.845. The molecule has 178 valence electrons. The van der Waals surface area contributed by atoms with Crippen LogP contribution in [-0.2, 0) is 16.1 Å². The zero-order valence-electron chi connectivity index (χ0n) is 19.0. The van der Waals surface area contributed by atoms with Crippen molar-refractivity contribution in [2.75, 3.05) is 21.1 Å². The zero-order chi connectivity index (χ0) is 24.8. The van der Waals surface area contributed by atoms with Crippen LogP contribution in [0, 0.1) is 0 Å². The molecule has 0 saturated heterocycles. The Balaban J connectivity index is 0.000000191. The largest absolute Gasteiger partial charge is 0.453 e. The summed E-state index contributed by atoms with van der Waals surface area (Å²) in [5.41, 5.74) is 8.04. The summed E-state index contributed by atoms with van der Waals surface area (Å²) in [6.07, 6.45) is 2.64. The lowest BCUT2D eigenvalue weighted by atomic mass is 10.0. The van der Waals surface area contributed by atoms with Crippen molar-refractivity contribution in [2.24, 2.45) is 5.73 Å². The summed E-state index contributed by atoms with van der Waals surface area (Å²) in [4.78, 5) is 23.8. The molecule has 2 bridgehead atoms. The van der Waals surface area contributed by atoms with Gasteiger partial charge in [-0.25, -0.2) is 8.78 Å². The number of benzene rings is 1. The first-order valence-electron chi connectivity index (χ1n) is 10.4. The summed E-state index contributed by atoms with van der Waals surface area (Å²) in [5, 5.41) is 2.70. The second kappa shape index (κ2) is 10.8. The Bertz CT molecular complexity index is 1220. The van der Waals surface area contributed by atoms with E-state index in [1.807, 2.05) is 32.3 Å². The van der Waals surface area contributed by atoms with E-state index in [0.29, 0.717) is 23.7 Å². The number of aldehydes is 1. The standard InChI is InChI=1S/C14H15NO2.C11H10F2N2O2/c1-15(2)9-11-4-3-5-12(8-11)14-7-6-13(10-16)17-14;1-15-9-5-2-6(12)4-7(13)8(3-5)17-10(9)11(14)16/h3-8,10H,9H2,1-2H3;2,4,15H,3H2,1H3,(H2,14,16). The Morgan fingerprint density at radius 2 is 1.97 bits per heavy atom. The maximum Gasteiger partial charge on any atom is 0.286 e. The van der Waals surface area contributed by atoms with Gasteiger partial charge in [-0.05, 0) is 49.5 Å². The van der Waals surface area contributed by atoms with E-state index in [1.165, 1.54) is 5.56 Å². The van der Waals surface area contributed by atoms with E-state index in [2.05, 4.69) is 22.3 Å². The molecule has 4 rings (SSSR count). The van der Waals surface area contributed by atoms with E-state index in [-0.39, 0.29) is 23.6 Å². The van der Waals surface area contributed by atoms with Gasteiger partial charge in [0.1, 0.15) is 17.3 Å². The highest BCUT2D eigenvalue weighted by Gasteiger charge is 2.29. The van der Waals surface area contributed by atoms with Crippen molar-refractivity contribution in [1.29, 1.82) is 0 Å². The highest BCUT2D eigenvalue weighted by atomic mass is 19.1. The predicted octanol–water partition coefficient (Wildman–Crippen LogP) is 4.12. The van der Waals surface area contributed by atoms with Gasteiger partial charge in [0.25, 0.3) is 5.91 Å². The Morgan fingerprint density at radius 3 is 2.59 bits per heavy atom. The number of hydrogen-bond donors (Lipinski definition) is 2. The van der Waals surface area contributed by atoms with E-state index in [4.69, 9.17) is 14.9 Å². The molecule has 3 N–H and O–H groups in total. The highest BCUT2D eigenvalue weighted by molar-refractivity contribution is 5.92. The van der Waals surface area contributed by atoms with Gasteiger partial charge in [0.15, 0.2) is 17.9 Å². The lowest BCUT2D eigenvalue weighted by molar-refractivity contribution is -0.117. The van der Waals surface area contributed by atoms with E-state index in [1.54, 1.807) is 13.1 Å². The second-order valence-corrected chi connectivity index (χ2v) is 7.83. The van der Waals surface area contributed by atoms with Crippen LogP contribution >= 0.6 is 0 Å². The number of furan rings is 1. The molecule has 0 radical (unpaired) electrons. The number of primary amides is 1. The third-order valence-electron chi connectivity index (χ3n) is 4.89. The van der Waals surface area contributed by atoms with Crippen LogP contribution in [0.15, 0.2) is 87.4 Å². The molecule has 1 amide bonds. The van der Waals surface area contributed by atoms with Crippen LogP contribution in [0.4, 0.5) is 8.78 Å². The van der Waals surface area contributed by atoms with Crippen LogP contribution in [0.3, 0.4) is 0 Å². The average molecular weight is 469 g/mol. The van der Waals surface area contributed by atoms with E-state index in [9.17, 15) is 18.4 Å². The number of carbonyl (C=O) groups excluding carboxylic acids is 2. The molecule has 9 heteroatoms. The number of likely N-dealkylation sites (N-methyl/N-ethyl adjacent to an activating group) is 1. The number of nitrogens with zero attached hydrogens (tertiary/aromatic N) is 1. The molecule has 0 atom stereocenters. The second-order valence-electron chi connectivity index (χ2n) is 7.83. The van der Waals surface area contributed by atoms with Crippen LogP contribution in [0.25, 0.3) is 11.3 Å². The fourth-order valence-corrected chi connectivity index (χ4v) is 3.49. The van der Waals surface area contributed by atoms with Gasteiger partial charge in [0, 0.05) is 31.7 Å². The SMILES string of the molecule is CN(C)Cc1cccc(-c2ccc(C=O)o2)c1.CNC1=C(C(N)=O)OC2=C(F)C=C(F)C=C1C2. The fraction of sp³-hybridized carbons (Fsp3) is 0.200. The Labute approximate surface area is 195 Å². The van der Waals surface area contributed by atoms with Crippen LogP contribution in [-0.4, -0.2) is 38.2 Å². The first-order chi connectivity index (χ1) is 16.2. The van der Waals surface area contributed by atoms with E-state index in [0.717, 1.165) is 23.9 Å². The Morgan fingerprint density at radius 1 is 1.21 bits per heavy atom. The monoisotopic (exact) mass is 469 g/mol. The zero-order valence-corrected chi connectivity index (χ0v) is 19.0. The van der Waals surface area contributed by atoms with Crippen molar-refractivity contribution in [3.8, 4) is 11.3 Å². The molecule has 1 aromatic carbocycles. The molecule has 1 aromatic heterocycles. The summed E-state index contributed by atoms with van der Waals surface area (Å²) >= 11 is 0. The average Bonchev–Trinajstić information content (AvgIpc) is 3.24. The van der Waals surface area contributed by atoms with Crippen molar-refractivity contribution >= 4 is 12.2 Å². The first kappa shape index (κ1) is 24.7. The maximum absolute atomic E-state index is 13.4. The summed E-state index contributed by atoms with van der Waals surface area (Å²) in [5.74, 6) is -1.66. The normalized spacial score (nSPS) is 15.0. The Kier molecular flexibility index (Phi) is 7.80. The van der Waals surface area contributed by atoms with Crippen LogP contribution < -0.4 is 11.1 Å². The minimum absolute atomic E-state index is 0.0721. The quantitative estimate of drug-likeness (QED) is 0.618. The lowest BCUT2D eigenvalue weighted by Crippen LogP contribution is -2.26. The molecule has 1 aliphatic heterocycles. The smallest absolute Gasteiger partial charge is 0.286 e. The number of halogens is 2. The number of carbonyl (C=O) groups is 2. The van der Waals surface area contributed by atoms with Gasteiger partial charge in [-0.2, -0.15) is 0 Å². The summed E-state index contributed by atoms with van der Waals surface area (Å²) in [7, 11) is 5.61. The predicted molar refractivity (Wildman–Crippen MR) is 123 cm³/mol. The maximum atomic E-state index is 13.4. The van der Waals surface area contributed by atoms with Gasteiger partial charge < -0.3 is 25.1 Å². The van der Waals surface area contributed by atoms with Crippen molar-refractivity contribution in [3.63, 3.8) is 0 Å². The molecule has 0 spiro atoms. The number of nitrogens with one attached hydrogen (secondary N) is 1. The number of hydrogen-bond acceptors (Lipinski definition) is 6. The highest BCUT2D eigenvalue weighted by Crippen LogP contribution is 2.35. The van der Waals surface area contributed by atoms with Gasteiger partial charge in [-0.3, -0.25) is 9.59 Å². The van der Waals surface area contributed by atoms with Crippen LogP contribution in [0.1, 0.15) is 22.5 Å². The third kappa shape index (κ3) is 5.87. The van der Waals surface area contributed by atoms with Gasteiger partial charge in [-0.1, -0.05) is 18.2 Å². The molecule has 0 fully saturated rings. The van der Waals surface area contributed by atoms with Gasteiger partial charge >= 0.3 is 0 Å². The van der Waals surface area contributed by atoms with Crippen molar-refractivity contribution < 1.29 is 27.5 Å². The molecule has 2 aliphatic rings. The third-order valence-corrected chi connectivity index (χ3v) is 4.89. The number of fused-ring (bicyclic) bond motifs is 2. The molecule has 34 heavy (non-hydrogen) atoms. The topological polar surface area (TPSA) is 97.8 Å². The van der Waals surface area contributed by atoms with E-state index < -0.39 is 17.6 Å². The lowest BCUT2D eigenvalue weighted by Gasteiger charge is -2.22. The number of amides is 1. The number of allylic oxidation sites excluding steroid dienone is 6. The van der Waals surface area contributed by atoms with Crippen molar-refractivity contribution in [2.45, 2.75) is 13.0 Å². The molecule has 0 saturated carbocycles. The number of rotatable bonds is 6. The molecule has 2 heterocycles. The first-order valence-corrected chi connectivity index (χ1v) is 10.4. The van der Waals surface area contributed by atoms with Gasteiger partial charge in [-0.15, -0.1) is 0 Å². The molecular formula is C25H25F2N3O4. The minimum Gasteiger partial charge on any atom is -0.453 e. The van der Waals surface area contributed by atoms with Crippen molar-refractivity contribution in [3.05, 3.63) is 94.3 Å². The molecular weight excluding hydrogens is 444 g/mol. The molecule has 2 aromatic rings. The van der Waals surface area contributed by atoms with Crippen LogP contribution in [0.5, 0.6) is 0 Å². The van der Waals surface area contributed by atoms with E-state index >= 15 is 0 Å². The number of nitrogens with two attached hydrogens (primary N) is 1. The summed E-state index contributed by atoms with van der Waals surface area (Å²) in [6, 6.07) is 11.6. The van der Waals surface area contributed by atoms with Crippen LogP contribution in [0.2, 0.25) is 0 Å². The molecule has 1 aliphatic carbocycles. The van der Waals surface area contributed by atoms with Gasteiger partial charge in [0.05, 0.1) is 5.70 Å². The molecule has 0 unspecified atom stereocenters. The fourth-order valence-electron chi connectivity index (χ4n) is 3.49. The molecule has 7 nitrogen and oxygen atoms in total. The van der Waals surface area contributed by atoms with Gasteiger partial charge in [0.2, 0.25) is 5.76 Å². The summed E-state index contributed by atoms with van der Waals surface area (Å²) in [6.45, 7) is 0.884. The van der Waals surface area contributed by atoms with Crippen molar-refractivity contribution in [1.82, 2.24) is 10.2 Å².